The van der Waals surface area contributed by atoms with Crippen LogP contribution in [0.3, 0.4) is 0 Å². The van der Waals surface area contributed by atoms with Crippen molar-refractivity contribution in [2.75, 3.05) is 18.1 Å². The molecule has 0 aromatic heterocycles. The van der Waals surface area contributed by atoms with Crippen molar-refractivity contribution in [1.82, 2.24) is 0 Å². The van der Waals surface area contributed by atoms with Gasteiger partial charge < -0.3 is 15.1 Å². The molecule has 0 bridgehead atoms. The van der Waals surface area contributed by atoms with Crippen LogP contribution in [0.15, 0.2) is 24.3 Å². The molecular weight excluding hydrogens is 202 g/mol. The second kappa shape index (κ2) is 5.87. The van der Waals surface area contributed by atoms with E-state index < -0.39 is 0 Å². The van der Waals surface area contributed by atoms with Crippen molar-refractivity contribution in [3.63, 3.8) is 0 Å². The zero-order valence-electron chi connectivity index (χ0n) is 10.2. The largest absolute Gasteiger partial charge is 0.394 e. The first-order valence-corrected chi connectivity index (χ1v) is 5.67. The summed E-state index contributed by atoms with van der Waals surface area (Å²) in [6, 6.07) is 8.13. The van der Waals surface area contributed by atoms with Crippen molar-refractivity contribution < 1.29 is 10.2 Å². The summed E-state index contributed by atoms with van der Waals surface area (Å²) in [4.78, 5) is 2.04. The number of anilines is 1. The van der Waals surface area contributed by atoms with Gasteiger partial charge in [-0.15, -0.1) is 0 Å². The lowest BCUT2D eigenvalue weighted by atomic mass is 10.1. The molecule has 2 atom stereocenters. The Bertz CT molecular complexity index is 300. The van der Waals surface area contributed by atoms with E-state index >= 15 is 0 Å². The van der Waals surface area contributed by atoms with Gasteiger partial charge in [-0.1, -0.05) is 17.7 Å². The van der Waals surface area contributed by atoms with E-state index in [0.717, 1.165) is 5.69 Å². The maximum atomic E-state index is 9.24. The molecule has 0 aliphatic heterocycles. The Morgan fingerprint density at radius 2 is 1.44 bits per heavy atom. The number of rotatable bonds is 5. The lowest BCUT2D eigenvalue weighted by Gasteiger charge is -2.35. The molecule has 90 valence electrons. The van der Waals surface area contributed by atoms with Gasteiger partial charge in [0.25, 0.3) is 0 Å². The Kier molecular flexibility index (Phi) is 4.77. The summed E-state index contributed by atoms with van der Waals surface area (Å²) in [6.45, 7) is 6.10. The Morgan fingerprint density at radius 1 is 1.00 bits per heavy atom. The Balaban J connectivity index is 2.96. The van der Waals surface area contributed by atoms with Gasteiger partial charge in [-0.2, -0.15) is 0 Å². The first-order chi connectivity index (χ1) is 7.60. The minimum Gasteiger partial charge on any atom is -0.394 e. The predicted molar refractivity (Wildman–Crippen MR) is 66.8 cm³/mol. The summed E-state index contributed by atoms with van der Waals surface area (Å²) in [6.07, 6.45) is 0. The number of hydrogen-bond donors (Lipinski definition) is 2. The highest BCUT2D eigenvalue weighted by atomic mass is 16.3. The molecule has 0 amide bonds. The van der Waals surface area contributed by atoms with E-state index in [9.17, 15) is 10.2 Å². The van der Waals surface area contributed by atoms with Crippen LogP contribution in [-0.2, 0) is 0 Å². The number of benzene rings is 1. The molecule has 0 unspecified atom stereocenters. The van der Waals surface area contributed by atoms with Gasteiger partial charge in [-0.25, -0.2) is 0 Å². The molecule has 0 spiro atoms. The van der Waals surface area contributed by atoms with Crippen LogP contribution < -0.4 is 4.90 Å². The second-order valence-electron chi connectivity index (χ2n) is 4.31. The summed E-state index contributed by atoms with van der Waals surface area (Å²) in [5.74, 6) is 0. The lowest BCUT2D eigenvalue weighted by molar-refractivity contribution is 0.230. The van der Waals surface area contributed by atoms with Crippen molar-refractivity contribution in [1.29, 1.82) is 0 Å². The number of aryl methyl sites for hydroxylation is 1. The Labute approximate surface area is 97.3 Å². The molecule has 1 aromatic rings. The van der Waals surface area contributed by atoms with Crippen LogP contribution in [0.2, 0.25) is 0 Å². The quantitative estimate of drug-likeness (QED) is 0.796. The highest BCUT2D eigenvalue weighted by Gasteiger charge is 2.19. The van der Waals surface area contributed by atoms with E-state index in [-0.39, 0.29) is 25.3 Å². The molecule has 16 heavy (non-hydrogen) atoms. The SMILES string of the molecule is Cc1ccc(N([C@@H](C)CO)[C@@H](C)CO)cc1. The number of aliphatic hydroxyl groups is 2. The number of nitrogens with zero attached hydrogens (tertiary/aromatic N) is 1. The zero-order valence-corrected chi connectivity index (χ0v) is 10.2. The van der Waals surface area contributed by atoms with Crippen molar-refractivity contribution in [3.05, 3.63) is 29.8 Å². The second-order valence-corrected chi connectivity index (χ2v) is 4.31. The molecule has 3 heteroatoms. The minimum absolute atomic E-state index is 0.00450. The van der Waals surface area contributed by atoms with Crippen LogP contribution in [0.25, 0.3) is 0 Å². The predicted octanol–water partition coefficient (Wildman–Crippen LogP) is 1.56. The highest BCUT2D eigenvalue weighted by Crippen LogP contribution is 2.20. The van der Waals surface area contributed by atoms with E-state index in [0.29, 0.717) is 0 Å². The van der Waals surface area contributed by atoms with Gasteiger partial charge in [-0.3, -0.25) is 0 Å². The maximum absolute atomic E-state index is 9.24. The van der Waals surface area contributed by atoms with Crippen LogP contribution in [0, 0.1) is 6.92 Å². The number of hydrogen-bond acceptors (Lipinski definition) is 3. The van der Waals surface area contributed by atoms with E-state index in [4.69, 9.17) is 0 Å². The van der Waals surface area contributed by atoms with Gasteiger partial charge in [-0.05, 0) is 32.9 Å². The molecule has 0 aliphatic rings. The van der Waals surface area contributed by atoms with Crippen LogP contribution >= 0.6 is 0 Å². The van der Waals surface area contributed by atoms with Gasteiger partial charge in [0.05, 0.1) is 13.2 Å². The highest BCUT2D eigenvalue weighted by molar-refractivity contribution is 5.49. The Hall–Kier alpha value is -1.06. The van der Waals surface area contributed by atoms with Crippen LogP contribution in [-0.4, -0.2) is 35.5 Å². The molecule has 3 nitrogen and oxygen atoms in total. The van der Waals surface area contributed by atoms with Crippen LogP contribution in [0.1, 0.15) is 19.4 Å². The van der Waals surface area contributed by atoms with Crippen molar-refractivity contribution in [2.45, 2.75) is 32.9 Å². The van der Waals surface area contributed by atoms with E-state index in [2.05, 4.69) is 0 Å². The first kappa shape index (κ1) is 13.0. The topological polar surface area (TPSA) is 43.7 Å². The molecule has 1 aromatic carbocycles. The van der Waals surface area contributed by atoms with Crippen molar-refractivity contribution in [3.8, 4) is 0 Å². The minimum atomic E-state index is 0.00450. The molecule has 1 rings (SSSR count). The Morgan fingerprint density at radius 3 is 1.81 bits per heavy atom. The third-order valence-corrected chi connectivity index (χ3v) is 2.81. The summed E-state index contributed by atoms with van der Waals surface area (Å²) in [5, 5.41) is 18.5. The molecule has 2 N–H and O–H groups in total. The molecule has 0 radical (unpaired) electrons. The molecule has 0 saturated heterocycles. The molecule has 0 heterocycles. The van der Waals surface area contributed by atoms with Crippen LogP contribution in [0.5, 0.6) is 0 Å². The maximum Gasteiger partial charge on any atom is 0.0632 e. The molecule has 0 saturated carbocycles. The smallest absolute Gasteiger partial charge is 0.0632 e. The summed E-state index contributed by atoms with van der Waals surface area (Å²) in [7, 11) is 0. The fourth-order valence-corrected chi connectivity index (χ4v) is 1.84. The summed E-state index contributed by atoms with van der Waals surface area (Å²) in [5.41, 5.74) is 2.24. The van der Waals surface area contributed by atoms with Gasteiger partial charge in [0.15, 0.2) is 0 Å². The van der Waals surface area contributed by atoms with E-state index in [1.807, 2.05) is 49.9 Å². The molecular formula is C13H21NO2. The third-order valence-electron chi connectivity index (χ3n) is 2.81. The van der Waals surface area contributed by atoms with Gasteiger partial charge in [0.1, 0.15) is 0 Å². The molecule has 0 fully saturated rings. The van der Waals surface area contributed by atoms with Crippen LogP contribution in [0.4, 0.5) is 5.69 Å². The zero-order chi connectivity index (χ0) is 12.1. The first-order valence-electron chi connectivity index (χ1n) is 5.67. The third kappa shape index (κ3) is 2.97. The van der Waals surface area contributed by atoms with Gasteiger partial charge in [0.2, 0.25) is 0 Å². The average molecular weight is 223 g/mol. The fourth-order valence-electron chi connectivity index (χ4n) is 1.84. The normalized spacial score (nSPS) is 14.6. The lowest BCUT2D eigenvalue weighted by Crippen LogP contribution is -2.44. The summed E-state index contributed by atoms with van der Waals surface area (Å²) < 4.78 is 0. The fraction of sp³-hybridized carbons (Fsp3) is 0.538. The standard InChI is InChI=1S/C13H21NO2/c1-10-4-6-13(7-5-10)14(11(2)8-15)12(3)9-16/h4-7,11-12,15-16H,8-9H2,1-3H3/t11-,12-/m0/s1. The van der Waals surface area contributed by atoms with E-state index in [1.165, 1.54) is 5.56 Å². The van der Waals surface area contributed by atoms with E-state index in [1.54, 1.807) is 0 Å². The van der Waals surface area contributed by atoms with Crippen molar-refractivity contribution in [2.24, 2.45) is 0 Å². The number of aliphatic hydroxyl groups excluding tert-OH is 2. The van der Waals surface area contributed by atoms with Gasteiger partial charge >= 0.3 is 0 Å². The summed E-state index contributed by atoms with van der Waals surface area (Å²) >= 11 is 0. The molecule has 0 aliphatic carbocycles. The van der Waals surface area contributed by atoms with Crippen molar-refractivity contribution >= 4 is 5.69 Å². The monoisotopic (exact) mass is 223 g/mol. The van der Waals surface area contributed by atoms with Gasteiger partial charge in [0, 0.05) is 17.8 Å². The average Bonchev–Trinajstić information content (AvgIpc) is 2.31.